The Kier molecular flexibility index (Phi) is 5.21. The third-order valence-corrected chi connectivity index (χ3v) is 4.09. The Bertz CT molecular complexity index is 358. The van der Waals surface area contributed by atoms with Crippen LogP contribution in [0, 0.1) is 5.92 Å². The van der Waals surface area contributed by atoms with Crippen molar-refractivity contribution in [1.29, 1.82) is 0 Å². The third-order valence-electron chi connectivity index (χ3n) is 4.09. The lowest BCUT2D eigenvalue weighted by molar-refractivity contribution is 0.0558. The average molecular weight is 247 g/mol. The van der Waals surface area contributed by atoms with Gasteiger partial charge < -0.3 is 10.1 Å². The SMILES string of the molecule is CCc1ccccc1CNC(C)C1CCOCC1. The second-order valence-corrected chi connectivity index (χ2v) is 5.24. The van der Waals surface area contributed by atoms with Crippen LogP contribution in [0.3, 0.4) is 0 Å². The molecular weight excluding hydrogens is 222 g/mol. The zero-order valence-electron chi connectivity index (χ0n) is 11.6. The molecule has 2 heteroatoms. The zero-order valence-corrected chi connectivity index (χ0v) is 11.6. The minimum Gasteiger partial charge on any atom is -0.381 e. The van der Waals surface area contributed by atoms with Gasteiger partial charge in [0.25, 0.3) is 0 Å². The topological polar surface area (TPSA) is 21.3 Å². The second-order valence-electron chi connectivity index (χ2n) is 5.24. The lowest BCUT2D eigenvalue weighted by Crippen LogP contribution is -2.36. The average Bonchev–Trinajstić information content (AvgIpc) is 2.46. The van der Waals surface area contributed by atoms with E-state index in [1.807, 2.05) is 0 Å². The largest absolute Gasteiger partial charge is 0.381 e. The molecule has 1 N–H and O–H groups in total. The molecule has 0 bridgehead atoms. The molecule has 2 nitrogen and oxygen atoms in total. The highest BCUT2D eigenvalue weighted by Crippen LogP contribution is 2.19. The fourth-order valence-corrected chi connectivity index (χ4v) is 2.73. The van der Waals surface area contributed by atoms with Crippen LogP contribution in [0.5, 0.6) is 0 Å². The Labute approximate surface area is 111 Å². The van der Waals surface area contributed by atoms with E-state index in [9.17, 15) is 0 Å². The van der Waals surface area contributed by atoms with Gasteiger partial charge >= 0.3 is 0 Å². The molecule has 1 heterocycles. The number of rotatable bonds is 5. The van der Waals surface area contributed by atoms with Crippen molar-refractivity contribution in [2.75, 3.05) is 13.2 Å². The quantitative estimate of drug-likeness (QED) is 0.863. The van der Waals surface area contributed by atoms with Crippen molar-refractivity contribution in [3.63, 3.8) is 0 Å². The van der Waals surface area contributed by atoms with E-state index in [1.165, 1.54) is 24.0 Å². The number of benzene rings is 1. The molecule has 0 amide bonds. The first-order valence-corrected chi connectivity index (χ1v) is 7.19. The number of hydrogen-bond acceptors (Lipinski definition) is 2. The van der Waals surface area contributed by atoms with Crippen molar-refractivity contribution < 1.29 is 4.74 Å². The molecule has 18 heavy (non-hydrogen) atoms. The maximum Gasteiger partial charge on any atom is 0.0469 e. The summed E-state index contributed by atoms with van der Waals surface area (Å²) in [5.41, 5.74) is 2.91. The van der Waals surface area contributed by atoms with Crippen LogP contribution in [-0.2, 0) is 17.7 Å². The van der Waals surface area contributed by atoms with E-state index in [2.05, 4.69) is 43.4 Å². The normalized spacial score (nSPS) is 18.8. The van der Waals surface area contributed by atoms with Gasteiger partial charge in [0.2, 0.25) is 0 Å². The summed E-state index contributed by atoms with van der Waals surface area (Å²) in [5.74, 6) is 0.771. The van der Waals surface area contributed by atoms with Crippen molar-refractivity contribution in [2.45, 2.75) is 45.7 Å². The van der Waals surface area contributed by atoms with Gasteiger partial charge in [0, 0.05) is 25.8 Å². The second kappa shape index (κ2) is 6.91. The molecule has 1 aliphatic rings. The molecule has 1 aromatic carbocycles. The molecule has 1 saturated heterocycles. The first kappa shape index (κ1) is 13.6. The van der Waals surface area contributed by atoms with Gasteiger partial charge in [-0.15, -0.1) is 0 Å². The summed E-state index contributed by atoms with van der Waals surface area (Å²) in [6, 6.07) is 9.32. The van der Waals surface area contributed by atoms with Crippen molar-refractivity contribution >= 4 is 0 Å². The van der Waals surface area contributed by atoms with Gasteiger partial charge in [-0.3, -0.25) is 0 Å². The molecule has 0 radical (unpaired) electrons. The number of aryl methyl sites for hydroxylation is 1. The Morgan fingerprint density at radius 3 is 2.56 bits per heavy atom. The molecule has 0 spiro atoms. The lowest BCUT2D eigenvalue weighted by Gasteiger charge is -2.28. The molecule has 0 saturated carbocycles. The summed E-state index contributed by atoms with van der Waals surface area (Å²) in [4.78, 5) is 0. The van der Waals surface area contributed by atoms with Crippen LogP contribution < -0.4 is 5.32 Å². The van der Waals surface area contributed by atoms with Gasteiger partial charge in [0.05, 0.1) is 0 Å². The van der Waals surface area contributed by atoms with Gasteiger partial charge in [-0.2, -0.15) is 0 Å². The van der Waals surface area contributed by atoms with Gasteiger partial charge in [0.1, 0.15) is 0 Å². The zero-order chi connectivity index (χ0) is 12.8. The first-order valence-electron chi connectivity index (χ1n) is 7.19. The van der Waals surface area contributed by atoms with Crippen LogP contribution in [0.15, 0.2) is 24.3 Å². The molecular formula is C16H25NO. The Morgan fingerprint density at radius 2 is 1.89 bits per heavy atom. The van der Waals surface area contributed by atoms with Gasteiger partial charge in [-0.05, 0) is 43.2 Å². The van der Waals surface area contributed by atoms with Crippen LogP contribution in [0.25, 0.3) is 0 Å². The minimum absolute atomic E-state index is 0.582. The van der Waals surface area contributed by atoms with Gasteiger partial charge in [-0.1, -0.05) is 31.2 Å². The maximum absolute atomic E-state index is 5.42. The van der Waals surface area contributed by atoms with Crippen LogP contribution in [0.1, 0.15) is 37.8 Å². The minimum atomic E-state index is 0.582. The predicted octanol–water partition coefficient (Wildman–Crippen LogP) is 3.15. The molecule has 1 atom stereocenters. The lowest BCUT2D eigenvalue weighted by atomic mass is 9.92. The standard InChI is InChI=1S/C16H25NO/c1-3-14-6-4-5-7-16(14)12-17-13(2)15-8-10-18-11-9-15/h4-7,13,15,17H,3,8-12H2,1-2H3. The first-order chi connectivity index (χ1) is 8.81. The van der Waals surface area contributed by atoms with Gasteiger partial charge in [0.15, 0.2) is 0 Å². The molecule has 1 unspecified atom stereocenters. The fourth-order valence-electron chi connectivity index (χ4n) is 2.73. The van der Waals surface area contributed by atoms with Crippen LogP contribution in [0.2, 0.25) is 0 Å². The van der Waals surface area contributed by atoms with E-state index in [1.54, 1.807) is 0 Å². The van der Waals surface area contributed by atoms with E-state index in [0.717, 1.165) is 32.1 Å². The van der Waals surface area contributed by atoms with Gasteiger partial charge in [-0.25, -0.2) is 0 Å². The maximum atomic E-state index is 5.42. The van der Waals surface area contributed by atoms with Crippen molar-refractivity contribution in [3.8, 4) is 0 Å². The number of ether oxygens (including phenoxy) is 1. The summed E-state index contributed by atoms with van der Waals surface area (Å²) in [5, 5.41) is 3.69. The molecule has 0 aliphatic carbocycles. The van der Waals surface area contributed by atoms with E-state index in [-0.39, 0.29) is 0 Å². The highest BCUT2D eigenvalue weighted by atomic mass is 16.5. The third kappa shape index (κ3) is 3.56. The Hall–Kier alpha value is -0.860. The van der Waals surface area contributed by atoms with E-state index >= 15 is 0 Å². The highest BCUT2D eigenvalue weighted by Gasteiger charge is 2.19. The fraction of sp³-hybridized carbons (Fsp3) is 0.625. The molecule has 1 aromatic rings. The summed E-state index contributed by atoms with van der Waals surface area (Å²) >= 11 is 0. The number of nitrogens with one attached hydrogen (secondary N) is 1. The molecule has 100 valence electrons. The van der Waals surface area contributed by atoms with Crippen molar-refractivity contribution in [2.24, 2.45) is 5.92 Å². The van der Waals surface area contributed by atoms with E-state index in [4.69, 9.17) is 4.74 Å². The Morgan fingerprint density at radius 1 is 1.22 bits per heavy atom. The van der Waals surface area contributed by atoms with Crippen molar-refractivity contribution in [3.05, 3.63) is 35.4 Å². The van der Waals surface area contributed by atoms with Crippen molar-refractivity contribution in [1.82, 2.24) is 5.32 Å². The summed E-state index contributed by atoms with van der Waals surface area (Å²) in [6.45, 7) is 7.39. The van der Waals surface area contributed by atoms with E-state index < -0.39 is 0 Å². The molecule has 2 rings (SSSR count). The van der Waals surface area contributed by atoms with Crippen LogP contribution in [0.4, 0.5) is 0 Å². The Balaban J connectivity index is 1.86. The van der Waals surface area contributed by atoms with E-state index in [0.29, 0.717) is 6.04 Å². The summed E-state index contributed by atoms with van der Waals surface area (Å²) in [6.07, 6.45) is 3.51. The number of hydrogen-bond donors (Lipinski definition) is 1. The summed E-state index contributed by atoms with van der Waals surface area (Å²) in [7, 11) is 0. The summed E-state index contributed by atoms with van der Waals surface area (Å²) < 4.78 is 5.42. The van der Waals surface area contributed by atoms with Crippen LogP contribution >= 0.6 is 0 Å². The molecule has 1 aliphatic heterocycles. The smallest absolute Gasteiger partial charge is 0.0469 e. The predicted molar refractivity (Wildman–Crippen MR) is 75.7 cm³/mol. The van der Waals surface area contributed by atoms with Crippen LogP contribution in [-0.4, -0.2) is 19.3 Å². The highest BCUT2D eigenvalue weighted by molar-refractivity contribution is 5.26. The molecule has 0 aromatic heterocycles. The molecule has 1 fully saturated rings. The monoisotopic (exact) mass is 247 g/mol.